The van der Waals surface area contributed by atoms with Gasteiger partial charge in [-0.2, -0.15) is 5.26 Å². The molecule has 2 heterocycles. The summed E-state index contributed by atoms with van der Waals surface area (Å²) in [6, 6.07) is 17.1. The quantitative estimate of drug-likeness (QED) is 0.790. The van der Waals surface area contributed by atoms with E-state index in [4.69, 9.17) is 5.26 Å². The Morgan fingerprint density at radius 3 is 2.62 bits per heavy atom. The van der Waals surface area contributed by atoms with Gasteiger partial charge in [0, 0.05) is 24.6 Å². The molecule has 1 N–H and O–H groups in total. The molecule has 6 nitrogen and oxygen atoms in total. The first-order valence-corrected chi connectivity index (χ1v) is 8.24. The number of carbonyl (C=O) groups is 1. The highest BCUT2D eigenvalue weighted by Crippen LogP contribution is 2.28. The van der Waals surface area contributed by atoms with Crippen molar-refractivity contribution < 1.29 is 4.79 Å². The minimum atomic E-state index is -0.112. The van der Waals surface area contributed by atoms with E-state index in [-0.39, 0.29) is 5.91 Å². The summed E-state index contributed by atoms with van der Waals surface area (Å²) in [5.41, 5.74) is 3.68. The molecule has 1 amide bonds. The zero-order chi connectivity index (χ0) is 17.9. The van der Waals surface area contributed by atoms with Gasteiger partial charge in [-0.05, 0) is 30.2 Å². The second kappa shape index (κ2) is 6.65. The van der Waals surface area contributed by atoms with E-state index in [2.05, 4.69) is 21.4 Å². The van der Waals surface area contributed by atoms with Gasteiger partial charge in [0.2, 0.25) is 5.95 Å². The second-order valence-corrected chi connectivity index (χ2v) is 5.91. The predicted octanol–water partition coefficient (Wildman–Crippen LogP) is 3.29. The van der Waals surface area contributed by atoms with Crippen molar-refractivity contribution in [3.8, 4) is 6.07 Å². The minimum absolute atomic E-state index is 0.112. The SMILES string of the molecule is N#Cc1ccccc1Nc1ncc(C(=O)N2CCc3ccccc32)cn1. The van der Waals surface area contributed by atoms with Crippen LogP contribution in [0.25, 0.3) is 0 Å². The molecule has 1 aliphatic heterocycles. The predicted molar refractivity (Wildman–Crippen MR) is 98.3 cm³/mol. The van der Waals surface area contributed by atoms with E-state index in [0.29, 0.717) is 29.3 Å². The lowest BCUT2D eigenvalue weighted by molar-refractivity contribution is 0.0988. The monoisotopic (exact) mass is 341 g/mol. The first-order chi connectivity index (χ1) is 12.8. The van der Waals surface area contributed by atoms with Gasteiger partial charge in [0.25, 0.3) is 5.91 Å². The van der Waals surface area contributed by atoms with Crippen LogP contribution in [0.4, 0.5) is 17.3 Å². The molecule has 0 spiro atoms. The van der Waals surface area contributed by atoms with Crippen LogP contribution in [0.15, 0.2) is 60.9 Å². The van der Waals surface area contributed by atoms with Gasteiger partial charge in [0.15, 0.2) is 0 Å². The van der Waals surface area contributed by atoms with Crippen molar-refractivity contribution in [2.75, 3.05) is 16.8 Å². The molecule has 0 unspecified atom stereocenters. The van der Waals surface area contributed by atoms with Crippen LogP contribution in [0.5, 0.6) is 0 Å². The van der Waals surface area contributed by atoms with E-state index >= 15 is 0 Å². The summed E-state index contributed by atoms with van der Waals surface area (Å²) in [7, 11) is 0. The van der Waals surface area contributed by atoms with Gasteiger partial charge in [0.1, 0.15) is 6.07 Å². The molecule has 0 fully saturated rings. The maximum atomic E-state index is 12.8. The average molecular weight is 341 g/mol. The summed E-state index contributed by atoms with van der Waals surface area (Å²) in [6.45, 7) is 0.660. The van der Waals surface area contributed by atoms with E-state index in [0.717, 1.165) is 12.1 Å². The van der Waals surface area contributed by atoms with Gasteiger partial charge < -0.3 is 10.2 Å². The van der Waals surface area contributed by atoms with Crippen LogP contribution in [0.1, 0.15) is 21.5 Å². The van der Waals surface area contributed by atoms with Crippen molar-refractivity contribution in [1.82, 2.24) is 9.97 Å². The van der Waals surface area contributed by atoms with Crippen LogP contribution in [0.3, 0.4) is 0 Å². The number of anilines is 3. The number of fused-ring (bicyclic) bond motifs is 1. The highest BCUT2D eigenvalue weighted by molar-refractivity contribution is 6.07. The number of nitrogens with one attached hydrogen (secondary N) is 1. The van der Waals surface area contributed by atoms with Crippen LogP contribution >= 0.6 is 0 Å². The first kappa shape index (κ1) is 15.8. The number of hydrogen-bond acceptors (Lipinski definition) is 5. The summed E-state index contributed by atoms with van der Waals surface area (Å²) >= 11 is 0. The molecule has 0 aliphatic carbocycles. The van der Waals surface area contributed by atoms with Crippen molar-refractivity contribution in [2.45, 2.75) is 6.42 Å². The maximum Gasteiger partial charge on any atom is 0.261 e. The Balaban J connectivity index is 1.53. The molecule has 26 heavy (non-hydrogen) atoms. The van der Waals surface area contributed by atoms with Gasteiger partial charge in [-0.25, -0.2) is 9.97 Å². The lowest BCUT2D eigenvalue weighted by Crippen LogP contribution is -2.29. The Labute approximate surface area is 150 Å². The molecule has 0 atom stereocenters. The zero-order valence-electron chi connectivity index (χ0n) is 13.9. The molecule has 0 saturated heterocycles. The van der Waals surface area contributed by atoms with Crippen molar-refractivity contribution >= 4 is 23.2 Å². The minimum Gasteiger partial charge on any atom is -0.323 e. The van der Waals surface area contributed by atoms with E-state index in [1.165, 1.54) is 18.0 Å². The molecule has 3 aromatic rings. The number of rotatable bonds is 3. The number of amides is 1. The molecule has 4 rings (SSSR count). The standard InChI is InChI=1S/C20H15N5O/c21-11-15-6-1-3-7-17(15)24-20-22-12-16(13-23-20)19(26)25-10-9-14-5-2-4-8-18(14)25/h1-8,12-13H,9-10H2,(H,22,23,24). The zero-order valence-corrected chi connectivity index (χ0v) is 13.9. The maximum absolute atomic E-state index is 12.8. The molecule has 0 saturated carbocycles. The third-order valence-electron chi connectivity index (χ3n) is 4.33. The number of carbonyl (C=O) groups excluding carboxylic acids is 1. The molecule has 2 aromatic carbocycles. The highest BCUT2D eigenvalue weighted by Gasteiger charge is 2.25. The summed E-state index contributed by atoms with van der Waals surface area (Å²) in [5, 5.41) is 12.1. The second-order valence-electron chi connectivity index (χ2n) is 5.91. The van der Waals surface area contributed by atoms with Crippen molar-refractivity contribution in [2.24, 2.45) is 0 Å². The number of benzene rings is 2. The summed E-state index contributed by atoms with van der Waals surface area (Å²) in [5.74, 6) is 0.227. The topological polar surface area (TPSA) is 81.9 Å². The van der Waals surface area contributed by atoms with Crippen LogP contribution in [-0.2, 0) is 6.42 Å². The fraction of sp³-hybridized carbons (Fsp3) is 0.100. The van der Waals surface area contributed by atoms with E-state index < -0.39 is 0 Å². The number of nitrogens with zero attached hydrogens (tertiary/aromatic N) is 4. The van der Waals surface area contributed by atoms with Crippen LogP contribution in [-0.4, -0.2) is 22.4 Å². The average Bonchev–Trinajstić information content (AvgIpc) is 3.12. The Kier molecular flexibility index (Phi) is 4.04. The number of hydrogen-bond donors (Lipinski definition) is 1. The van der Waals surface area contributed by atoms with Crippen LogP contribution in [0, 0.1) is 11.3 Å². The lowest BCUT2D eigenvalue weighted by Gasteiger charge is -2.17. The first-order valence-electron chi connectivity index (χ1n) is 8.24. The van der Waals surface area contributed by atoms with Crippen molar-refractivity contribution in [3.63, 3.8) is 0 Å². The van der Waals surface area contributed by atoms with Crippen molar-refractivity contribution in [1.29, 1.82) is 5.26 Å². The fourth-order valence-electron chi connectivity index (χ4n) is 3.02. The molecule has 1 aromatic heterocycles. The molecule has 0 bridgehead atoms. The number of nitriles is 1. The van der Waals surface area contributed by atoms with E-state index in [1.54, 1.807) is 23.1 Å². The Morgan fingerprint density at radius 1 is 1.08 bits per heavy atom. The molecule has 1 aliphatic rings. The summed E-state index contributed by atoms with van der Waals surface area (Å²) in [6.07, 6.45) is 3.87. The van der Waals surface area contributed by atoms with E-state index in [1.807, 2.05) is 30.3 Å². The van der Waals surface area contributed by atoms with Crippen molar-refractivity contribution in [3.05, 3.63) is 77.6 Å². The summed E-state index contributed by atoms with van der Waals surface area (Å²) < 4.78 is 0. The molecule has 126 valence electrons. The van der Waals surface area contributed by atoms with Gasteiger partial charge in [-0.15, -0.1) is 0 Å². The number of para-hydroxylation sites is 2. The Morgan fingerprint density at radius 2 is 1.81 bits per heavy atom. The smallest absolute Gasteiger partial charge is 0.261 e. The Bertz CT molecular complexity index is 1010. The Hall–Kier alpha value is -3.72. The largest absolute Gasteiger partial charge is 0.323 e. The van der Waals surface area contributed by atoms with Gasteiger partial charge in [-0.3, -0.25) is 4.79 Å². The molecule has 0 radical (unpaired) electrons. The van der Waals surface area contributed by atoms with Gasteiger partial charge in [0.05, 0.1) is 16.8 Å². The van der Waals surface area contributed by atoms with Gasteiger partial charge >= 0.3 is 0 Å². The lowest BCUT2D eigenvalue weighted by atomic mass is 10.2. The highest BCUT2D eigenvalue weighted by atomic mass is 16.2. The third kappa shape index (κ3) is 2.87. The normalized spacial score (nSPS) is 12.3. The fourth-order valence-corrected chi connectivity index (χ4v) is 3.02. The van der Waals surface area contributed by atoms with E-state index in [9.17, 15) is 4.79 Å². The number of aromatic nitrogens is 2. The molecular formula is C20H15N5O. The third-order valence-corrected chi connectivity index (χ3v) is 4.33. The van der Waals surface area contributed by atoms with Gasteiger partial charge in [-0.1, -0.05) is 30.3 Å². The molecule has 6 heteroatoms. The van der Waals surface area contributed by atoms with Crippen LogP contribution < -0.4 is 10.2 Å². The molecular weight excluding hydrogens is 326 g/mol. The summed E-state index contributed by atoms with van der Waals surface area (Å²) in [4.78, 5) is 23.0. The van der Waals surface area contributed by atoms with Crippen LogP contribution in [0.2, 0.25) is 0 Å².